The van der Waals surface area contributed by atoms with E-state index < -0.39 is 6.23 Å². The SMILES string of the molecule is CCCCCN(CCCC)C(=O)[C@@H]1CCC(O)N1. The molecule has 0 aliphatic carbocycles. The average Bonchev–Trinajstić information content (AvgIpc) is 2.79. The molecule has 0 aromatic carbocycles. The molecule has 1 saturated heterocycles. The maximum atomic E-state index is 12.3. The molecule has 1 unspecified atom stereocenters. The molecular weight excluding hydrogens is 228 g/mol. The normalized spacial score (nSPS) is 23.3. The summed E-state index contributed by atoms with van der Waals surface area (Å²) >= 11 is 0. The fourth-order valence-electron chi connectivity index (χ4n) is 2.37. The highest BCUT2D eigenvalue weighted by atomic mass is 16.3. The monoisotopic (exact) mass is 256 g/mol. The summed E-state index contributed by atoms with van der Waals surface area (Å²) in [5.74, 6) is 0.177. The van der Waals surface area contributed by atoms with Crippen LogP contribution in [0.15, 0.2) is 0 Å². The van der Waals surface area contributed by atoms with Crippen molar-refractivity contribution in [1.29, 1.82) is 0 Å². The molecule has 1 heterocycles. The van der Waals surface area contributed by atoms with Crippen molar-refractivity contribution in [3.8, 4) is 0 Å². The summed E-state index contributed by atoms with van der Waals surface area (Å²) < 4.78 is 0. The number of aliphatic hydroxyl groups excluding tert-OH is 1. The first-order valence-corrected chi connectivity index (χ1v) is 7.42. The Kier molecular flexibility index (Phi) is 7.28. The van der Waals surface area contributed by atoms with Crippen molar-refractivity contribution < 1.29 is 9.90 Å². The molecule has 1 rings (SSSR count). The molecule has 1 aliphatic rings. The molecule has 4 nitrogen and oxygen atoms in total. The number of rotatable bonds is 8. The molecule has 2 N–H and O–H groups in total. The second kappa shape index (κ2) is 8.48. The summed E-state index contributed by atoms with van der Waals surface area (Å²) in [5.41, 5.74) is 0. The van der Waals surface area contributed by atoms with Crippen LogP contribution in [0, 0.1) is 0 Å². The van der Waals surface area contributed by atoms with E-state index in [-0.39, 0.29) is 11.9 Å². The van der Waals surface area contributed by atoms with Gasteiger partial charge in [0.2, 0.25) is 5.91 Å². The summed E-state index contributed by atoms with van der Waals surface area (Å²) in [6.07, 6.45) is 6.56. The van der Waals surface area contributed by atoms with Crippen molar-refractivity contribution in [2.45, 2.75) is 71.1 Å². The second-order valence-electron chi connectivity index (χ2n) is 5.20. The van der Waals surface area contributed by atoms with Crippen LogP contribution in [0.1, 0.15) is 58.8 Å². The minimum Gasteiger partial charge on any atom is -0.379 e. The average molecular weight is 256 g/mol. The van der Waals surface area contributed by atoms with Crippen LogP contribution in [-0.2, 0) is 4.79 Å². The zero-order valence-corrected chi connectivity index (χ0v) is 11.8. The number of hydrogen-bond acceptors (Lipinski definition) is 3. The highest BCUT2D eigenvalue weighted by molar-refractivity contribution is 5.82. The summed E-state index contributed by atoms with van der Waals surface area (Å²) in [4.78, 5) is 14.3. The summed E-state index contributed by atoms with van der Waals surface area (Å²) in [7, 11) is 0. The zero-order chi connectivity index (χ0) is 13.4. The Morgan fingerprint density at radius 3 is 2.39 bits per heavy atom. The Morgan fingerprint density at radius 2 is 1.83 bits per heavy atom. The third kappa shape index (κ3) is 4.94. The summed E-state index contributed by atoms with van der Waals surface area (Å²) in [6, 6.07) is -0.168. The lowest BCUT2D eigenvalue weighted by molar-refractivity contribution is -0.133. The Bertz CT molecular complexity index is 246. The smallest absolute Gasteiger partial charge is 0.239 e. The topological polar surface area (TPSA) is 52.6 Å². The number of nitrogens with one attached hydrogen (secondary N) is 1. The van der Waals surface area contributed by atoms with Gasteiger partial charge < -0.3 is 10.0 Å². The Balaban J connectivity index is 2.43. The van der Waals surface area contributed by atoms with Crippen molar-refractivity contribution in [2.24, 2.45) is 0 Å². The largest absolute Gasteiger partial charge is 0.379 e. The summed E-state index contributed by atoms with van der Waals surface area (Å²) in [6.45, 7) is 6.04. The van der Waals surface area contributed by atoms with Gasteiger partial charge in [0.1, 0.15) is 6.23 Å². The molecular formula is C14H28N2O2. The molecule has 18 heavy (non-hydrogen) atoms. The van der Waals surface area contributed by atoms with E-state index in [0.29, 0.717) is 6.42 Å². The van der Waals surface area contributed by atoms with Crippen molar-refractivity contribution in [3.05, 3.63) is 0 Å². The third-order valence-electron chi connectivity index (χ3n) is 3.55. The second-order valence-corrected chi connectivity index (χ2v) is 5.20. The Morgan fingerprint density at radius 1 is 1.17 bits per heavy atom. The number of carbonyl (C=O) groups excluding carboxylic acids is 1. The lowest BCUT2D eigenvalue weighted by Gasteiger charge is -2.26. The quantitative estimate of drug-likeness (QED) is 0.652. The number of amides is 1. The molecule has 1 amide bonds. The number of hydrogen-bond donors (Lipinski definition) is 2. The highest BCUT2D eigenvalue weighted by Gasteiger charge is 2.30. The number of aliphatic hydroxyl groups is 1. The molecule has 0 bridgehead atoms. The van der Waals surface area contributed by atoms with Crippen LogP contribution in [-0.4, -0.2) is 41.3 Å². The fraction of sp³-hybridized carbons (Fsp3) is 0.929. The van der Waals surface area contributed by atoms with E-state index in [1.165, 1.54) is 12.8 Å². The van der Waals surface area contributed by atoms with Crippen molar-refractivity contribution in [2.75, 3.05) is 13.1 Å². The number of unbranched alkanes of at least 4 members (excludes halogenated alkanes) is 3. The molecule has 1 fully saturated rings. The first kappa shape index (κ1) is 15.4. The molecule has 0 saturated carbocycles. The van der Waals surface area contributed by atoms with Crippen LogP contribution in [0.5, 0.6) is 0 Å². The van der Waals surface area contributed by atoms with Gasteiger partial charge in [-0.15, -0.1) is 0 Å². The van der Waals surface area contributed by atoms with Gasteiger partial charge in [0.05, 0.1) is 6.04 Å². The van der Waals surface area contributed by atoms with Gasteiger partial charge in [-0.25, -0.2) is 0 Å². The highest BCUT2D eigenvalue weighted by Crippen LogP contribution is 2.14. The van der Waals surface area contributed by atoms with Gasteiger partial charge in [0.15, 0.2) is 0 Å². The molecule has 106 valence electrons. The van der Waals surface area contributed by atoms with Crippen LogP contribution >= 0.6 is 0 Å². The molecule has 0 aromatic rings. The van der Waals surface area contributed by atoms with Crippen LogP contribution < -0.4 is 5.32 Å². The molecule has 0 radical (unpaired) electrons. The molecule has 0 aromatic heterocycles. The standard InChI is InChI=1S/C14H28N2O2/c1-3-5-7-11-16(10-6-4-2)14(18)12-8-9-13(17)15-12/h12-13,15,17H,3-11H2,1-2H3/t12-,13?/m0/s1. The van der Waals surface area contributed by atoms with E-state index in [2.05, 4.69) is 19.2 Å². The van der Waals surface area contributed by atoms with Gasteiger partial charge in [-0.3, -0.25) is 10.1 Å². The van der Waals surface area contributed by atoms with E-state index in [0.717, 1.165) is 38.8 Å². The van der Waals surface area contributed by atoms with Crippen LogP contribution in [0.4, 0.5) is 0 Å². The van der Waals surface area contributed by atoms with Crippen molar-refractivity contribution in [1.82, 2.24) is 10.2 Å². The third-order valence-corrected chi connectivity index (χ3v) is 3.55. The number of nitrogens with zero attached hydrogens (tertiary/aromatic N) is 1. The van der Waals surface area contributed by atoms with Gasteiger partial charge in [0.25, 0.3) is 0 Å². The first-order valence-electron chi connectivity index (χ1n) is 7.42. The van der Waals surface area contributed by atoms with E-state index in [9.17, 15) is 9.90 Å². The summed E-state index contributed by atoms with van der Waals surface area (Å²) in [5, 5.41) is 12.4. The Labute approximate surface area is 111 Å². The predicted octanol–water partition coefficient (Wildman–Crippen LogP) is 1.88. The maximum absolute atomic E-state index is 12.3. The minimum absolute atomic E-state index is 0.168. The van der Waals surface area contributed by atoms with Gasteiger partial charge in [-0.05, 0) is 25.7 Å². The van der Waals surface area contributed by atoms with E-state index in [4.69, 9.17) is 0 Å². The van der Waals surface area contributed by atoms with Gasteiger partial charge in [-0.1, -0.05) is 33.1 Å². The maximum Gasteiger partial charge on any atom is 0.239 e. The van der Waals surface area contributed by atoms with E-state index in [1.807, 2.05) is 4.90 Å². The molecule has 0 spiro atoms. The van der Waals surface area contributed by atoms with Crippen molar-refractivity contribution >= 4 is 5.91 Å². The van der Waals surface area contributed by atoms with Gasteiger partial charge in [-0.2, -0.15) is 0 Å². The first-order chi connectivity index (χ1) is 8.69. The van der Waals surface area contributed by atoms with Crippen LogP contribution in [0.25, 0.3) is 0 Å². The number of carbonyl (C=O) groups is 1. The Hall–Kier alpha value is -0.610. The van der Waals surface area contributed by atoms with Gasteiger partial charge >= 0.3 is 0 Å². The van der Waals surface area contributed by atoms with Crippen LogP contribution in [0.2, 0.25) is 0 Å². The van der Waals surface area contributed by atoms with E-state index in [1.54, 1.807) is 0 Å². The van der Waals surface area contributed by atoms with Gasteiger partial charge in [0, 0.05) is 13.1 Å². The van der Waals surface area contributed by atoms with Crippen molar-refractivity contribution in [3.63, 3.8) is 0 Å². The minimum atomic E-state index is -0.498. The van der Waals surface area contributed by atoms with E-state index >= 15 is 0 Å². The molecule has 2 atom stereocenters. The molecule has 4 heteroatoms. The van der Waals surface area contributed by atoms with Crippen LogP contribution in [0.3, 0.4) is 0 Å². The zero-order valence-electron chi connectivity index (χ0n) is 11.8. The lowest BCUT2D eigenvalue weighted by Crippen LogP contribution is -2.46. The fourth-order valence-corrected chi connectivity index (χ4v) is 2.37. The predicted molar refractivity (Wildman–Crippen MR) is 73.2 cm³/mol. The lowest BCUT2D eigenvalue weighted by atomic mass is 10.1. The molecule has 1 aliphatic heterocycles.